The standard InChI is InChI=1S/C12H21F3N2O/c1-4-9-16-11(3,5-2)10(18)17(9)8-6-7-12(13,14)15/h9,16H,4-8H2,1-3H3. The van der Waals surface area contributed by atoms with Crippen molar-refractivity contribution in [2.75, 3.05) is 6.54 Å². The third-order valence-corrected chi connectivity index (χ3v) is 3.55. The van der Waals surface area contributed by atoms with Crippen molar-refractivity contribution in [2.24, 2.45) is 0 Å². The topological polar surface area (TPSA) is 32.3 Å². The van der Waals surface area contributed by atoms with E-state index in [9.17, 15) is 18.0 Å². The molecule has 0 aliphatic carbocycles. The fourth-order valence-electron chi connectivity index (χ4n) is 2.25. The molecule has 0 aromatic heterocycles. The van der Waals surface area contributed by atoms with Crippen LogP contribution in [0.5, 0.6) is 0 Å². The third-order valence-electron chi connectivity index (χ3n) is 3.55. The summed E-state index contributed by atoms with van der Waals surface area (Å²) in [6.07, 6.45) is -3.82. The van der Waals surface area contributed by atoms with E-state index < -0.39 is 18.1 Å². The van der Waals surface area contributed by atoms with Crippen LogP contribution in [-0.2, 0) is 4.79 Å². The summed E-state index contributed by atoms with van der Waals surface area (Å²) in [4.78, 5) is 13.7. The average molecular weight is 266 g/mol. The molecule has 1 amide bonds. The van der Waals surface area contributed by atoms with Crippen LogP contribution >= 0.6 is 0 Å². The van der Waals surface area contributed by atoms with Gasteiger partial charge in [-0.1, -0.05) is 13.8 Å². The van der Waals surface area contributed by atoms with Crippen molar-refractivity contribution < 1.29 is 18.0 Å². The van der Waals surface area contributed by atoms with Gasteiger partial charge in [-0.2, -0.15) is 13.2 Å². The molecule has 0 aromatic rings. The van der Waals surface area contributed by atoms with Crippen molar-refractivity contribution >= 4 is 5.91 Å². The lowest BCUT2D eigenvalue weighted by molar-refractivity contribution is -0.141. The van der Waals surface area contributed by atoms with Gasteiger partial charge in [0.2, 0.25) is 5.91 Å². The first-order valence-electron chi connectivity index (χ1n) is 6.39. The van der Waals surface area contributed by atoms with Gasteiger partial charge in [-0.15, -0.1) is 0 Å². The highest BCUT2D eigenvalue weighted by atomic mass is 19.4. The maximum atomic E-state index is 12.2. The largest absolute Gasteiger partial charge is 0.389 e. The zero-order chi connectivity index (χ0) is 14.0. The van der Waals surface area contributed by atoms with Gasteiger partial charge in [-0.3, -0.25) is 10.1 Å². The van der Waals surface area contributed by atoms with Crippen LogP contribution in [-0.4, -0.2) is 35.2 Å². The molecule has 1 N–H and O–H groups in total. The van der Waals surface area contributed by atoms with E-state index in [0.29, 0.717) is 12.8 Å². The van der Waals surface area contributed by atoms with Gasteiger partial charge in [0.25, 0.3) is 0 Å². The Hall–Kier alpha value is -0.780. The molecule has 0 aromatic carbocycles. The van der Waals surface area contributed by atoms with Crippen molar-refractivity contribution in [2.45, 2.75) is 64.3 Å². The van der Waals surface area contributed by atoms with Crippen molar-refractivity contribution in [3.63, 3.8) is 0 Å². The van der Waals surface area contributed by atoms with Crippen LogP contribution in [0.2, 0.25) is 0 Å². The Kier molecular flexibility index (Phi) is 4.64. The van der Waals surface area contributed by atoms with Gasteiger partial charge in [0.15, 0.2) is 0 Å². The number of halogens is 3. The molecule has 1 aliphatic heterocycles. The van der Waals surface area contributed by atoms with E-state index in [1.807, 2.05) is 20.8 Å². The smallest absolute Gasteiger partial charge is 0.326 e. The molecule has 0 bridgehead atoms. The highest BCUT2D eigenvalue weighted by molar-refractivity contribution is 5.88. The molecule has 0 saturated carbocycles. The third kappa shape index (κ3) is 3.37. The van der Waals surface area contributed by atoms with Crippen LogP contribution in [0.3, 0.4) is 0 Å². The van der Waals surface area contributed by atoms with E-state index in [4.69, 9.17) is 0 Å². The average Bonchev–Trinajstić information content (AvgIpc) is 2.52. The second-order valence-electron chi connectivity index (χ2n) is 4.97. The molecule has 3 nitrogen and oxygen atoms in total. The molecule has 1 rings (SSSR count). The highest BCUT2D eigenvalue weighted by Gasteiger charge is 2.45. The summed E-state index contributed by atoms with van der Waals surface area (Å²) in [5.41, 5.74) is -0.626. The second-order valence-corrected chi connectivity index (χ2v) is 4.97. The van der Waals surface area contributed by atoms with Gasteiger partial charge in [0, 0.05) is 13.0 Å². The molecule has 1 heterocycles. The van der Waals surface area contributed by atoms with E-state index in [1.54, 1.807) is 4.90 Å². The van der Waals surface area contributed by atoms with Crippen molar-refractivity contribution in [1.82, 2.24) is 10.2 Å². The summed E-state index contributed by atoms with van der Waals surface area (Å²) in [7, 11) is 0. The number of nitrogens with one attached hydrogen (secondary N) is 1. The van der Waals surface area contributed by atoms with E-state index in [1.165, 1.54) is 0 Å². The first kappa shape index (κ1) is 15.3. The molecule has 0 radical (unpaired) electrons. The van der Waals surface area contributed by atoms with Crippen molar-refractivity contribution in [3.8, 4) is 0 Å². The number of amides is 1. The lowest BCUT2D eigenvalue weighted by atomic mass is 9.99. The Morgan fingerprint density at radius 3 is 2.44 bits per heavy atom. The molecular weight excluding hydrogens is 245 g/mol. The first-order chi connectivity index (χ1) is 8.23. The maximum Gasteiger partial charge on any atom is 0.389 e. The molecule has 106 valence electrons. The molecule has 0 spiro atoms. The van der Waals surface area contributed by atoms with Gasteiger partial charge in [-0.05, 0) is 26.2 Å². The number of rotatable bonds is 5. The monoisotopic (exact) mass is 266 g/mol. The van der Waals surface area contributed by atoms with E-state index in [2.05, 4.69) is 5.32 Å². The lowest BCUT2D eigenvalue weighted by Crippen LogP contribution is -2.43. The van der Waals surface area contributed by atoms with Crippen LogP contribution in [0.4, 0.5) is 13.2 Å². The van der Waals surface area contributed by atoms with Gasteiger partial charge >= 0.3 is 6.18 Å². The number of carbonyl (C=O) groups excluding carboxylic acids is 1. The number of nitrogens with zero attached hydrogens (tertiary/aromatic N) is 1. The molecular formula is C12H21F3N2O. The molecule has 1 saturated heterocycles. The van der Waals surface area contributed by atoms with Crippen LogP contribution < -0.4 is 5.32 Å². The van der Waals surface area contributed by atoms with Crippen LogP contribution in [0.15, 0.2) is 0 Å². The Morgan fingerprint density at radius 1 is 1.39 bits per heavy atom. The van der Waals surface area contributed by atoms with E-state index >= 15 is 0 Å². The van der Waals surface area contributed by atoms with Gasteiger partial charge in [-0.25, -0.2) is 0 Å². The predicted octanol–water partition coefficient (Wildman–Crippen LogP) is 2.67. The SMILES string of the molecule is CCC1NC(C)(CC)C(=O)N1CCCC(F)(F)F. The molecule has 2 atom stereocenters. The minimum Gasteiger partial charge on any atom is -0.326 e. The summed E-state index contributed by atoms with van der Waals surface area (Å²) in [5, 5.41) is 3.21. The quantitative estimate of drug-likeness (QED) is 0.829. The molecule has 18 heavy (non-hydrogen) atoms. The lowest BCUT2D eigenvalue weighted by Gasteiger charge is -2.23. The van der Waals surface area contributed by atoms with Crippen molar-refractivity contribution in [1.29, 1.82) is 0 Å². The normalized spacial score (nSPS) is 29.1. The Labute approximate surface area is 106 Å². The zero-order valence-electron chi connectivity index (χ0n) is 11.1. The zero-order valence-corrected chi connectivity index (χ0v) is 11.1. The summed E-state index contributed by atoms with van der Waals surface area (Å²) < 4.78 is 36.3. The summed E-state index contributed by atoms with van der Waals surface area (Å²) >= 11 is 0. The molecule has 1 fully saturated rings. The maximum absolute atomic E-state index is 12.2. The number of carbonyl (C=O) groups is 1. The predicted molar refractivity (Wildman–Crippen MR) is 62.9 cm³/mol. The Morgan fingerprint density at radius 2 is 2.00 bits per heavy atom. The fourth-order valence-corrected chi connectivity index (χ4v) is 2.25. The minimum atomic E-state index is -4.15. The van der Waals surface area contributed by atoms with Crippen LogP contribution in [0, 0.1) is 0 Å². The molecule has 6 heteroatoms. The number of hydrogen-bond acceptors (Lipinski definition) is 2. The van der Waals surface area contributed by atoms with E-state index in [-0.39, 0.29) is 25.0 Å². The van der Waals surface area contributed by atoms with Crippen LogP contribution in [0.25, 0.3) is 0 Å². The minimum absolute atomic E-state index is 0.0345. The summed E-state index contributed by atoms with van der Waals surface area (Å²) in [6.45, 7) is 5.79. The van der Waals surface area contributed by atoms with E-state index in [0.717, 1.165) is 0 Å². The number of hydrogen-bond donors (Lipinski definition) is 1. The van der Waals surface area contributed by atoms with Gasteiger partial charge in [0.05, 0.1) is 11.7 Å². The Bertz CT molecular complexity index is 306. The van der Waals surface area contributed by atoms with Crippen LogP contribution in [0.1, 0.15) is 46.5 Å². The van der Waals surface area contributed by atoms with Gasteiger partial charge < -0.3 is 4.90 Å². The Balaban J connectivity index is 2.60. The number of alkyl halides is 3. The summed E-state index contributed by atoms with van der Waals surface area (Å²) in [6, 6.07) is 0. The molecule has 2 unspecified atom stereocenters. The second kappa shape index (κ2) is 5.47. The van der Waals surface area contributed by atoms with Gasteiger partial charge in [0.1, 0.15) is 0 Å². The molecule has 1 aliphatic rings. The fraction of sp³-hybridized carbons (Fsp3) is 0.917. The summed E-state index contributed by atoms with van der Waals surface area (Å²) in [5.74, 6) is -0.0842. The first-order valence-corrected chi connectivity index (χ1v) is 6.39. The highest BCUT2D eigenvalue weighted by Crippen LogP contribution is 2.27. The van der Waals surface area contributed by atoms with Crippen molar-refractivity contribution in [3.05, 3.63) is 0 Å².